The first-order chi connectivity index (χ1) is 17.1. The molecule has 0 aliphatic carbocycles. The Labute approximate surface area is 203 Å². The lowest BCUT2D eigenvalue weighted by Crippen LogP contribution is -2.40. The van der Waals surface area contributed by atoms with Crippen molar-refractivity contribution in [3.63, 3.8) is 0 Å². The van der Waals surface area contributed by atoms with Gasteiger partial charge in [0.2, 0.25) is 0 Å². The molecular formula is C28H27N3O4. The molecular weight excluding hydrogens is 442 g/mol. The van der Waals surface area contributed by atoms with E-state index in [4.69, 9.17) is 9.47 Å². The Morgan fingerprint density at radius 3 is 2.26 bits per heavy atom. The summed E-state index contributed by atoms with van der Waals surface area (Å²) in [6.07, 6.45) is 0.503. The predicted molar refractivity (Wildman–Crippen MR) is 133 cm³/mol. The Bertz CT molecular complexity index is 1360. The molecule has 7 heteroatoms. The molecule has 1 amide bonds. The number of amides is 1. The lowest BCUT2D eigenvalue weighted by atomic mass is 10.1. The minimum absolute atomic E-state index is 0.0402. The zero-order valence-electron chi connectivity index (χ0n) is 19.6. The summed E-state index contributed by atoms with van der Waals surface area (Å²) in [5.74, 6) is 1.28. The molecule has 0 N–H and O–H groups in total. The number of hydrogen-bond acceptors (Lipinski definition) is 4. The minimum atomic E-state index is -0.101. The summed E-state index contributed by atoms with van der Waals surface area (Å²) in [6.45, 7) is 1.32. The van der Waals surface area contributed by atoms with Crippen LogP contribution in [0.25, 0.3) is 5.69 Å². The van der Waals surface area contributed by atoms with Crippen molar-refractivity contribution in [3.8, 4) is 17.2 Å². The first-order valence-electron chi connectivity index (χ1n) is 11.6. The molecule has 0 bridgehead atoms. The summed E-state index contributed by atoms with van der Waals surface area (Å²) in [7, 11) is 1.62. The van der Waals surface area contributed by atoms with E-state index < -0.39 is 0 Å². The van der Waals surface area contributed by atoms with Gasteiger partial charge in [-0.15, -0.1) is 0 Å². The summed E-state index contributed by atoms with van der Waals surface area (Å²) in [4.78, 5) is 28.3. The van der Waals surface area contributed by atoms with Gasteiger partial charge in [0, 0.05) is 12.1 Å². The largest absolute Gasteiger partial charge is 0.497 e. The Morgan fingerprint density at radius 1 is 0.886 bits per heavy atom. The van der Waals surface area contributed by atoms with Crippen LogP contribution in [0, 0.1) is 0 Å². The van der Waals surface area contributed by atoms with E-state index in [2.05, 4.69) is 0 Å². The molecule has 178 valence electrons. The number of nitrogens with zero attached hydrogens (tertiary/aromatic N) is 3. The molecule has 5 rings (SSSR count). The predicted octanol–water partition coefficient (Wildman–Crippen LogP) is 3.66. The van der Waals surface area contributed by atoms with Crippen LogP contribution in [0.4, 0.5) is 0 Å². The van der Waals surface area contributed by atoms with Gasteiger partial charge in [0.15, 0.2) is 6.61 Å². The van der Waals surface area contributed by atoms with Crippen molar-refractivity contribution in [1.82, 2.24) is 14.3 Å². The molecule has 4 aromatic rings. The van der Waals surface area contributed by atoms with E-state index in [1.807, 2.05) is 89.6 Å². The Hall–Kier alpha value is -4.26. The maximum Gasteiger partial charge on any atom is 0.275 e. The molecule has 3 aromatic carbocycles. The van der Waals surface area contributed by atoms with Gasteiger partial charge in [-0.2, -0.15) is 0 Å². The Morgan fingerprint density at radius 2 is 1.57 bits per heavy atom. The highest BCUT2D eigenvalue weighted by Crippen LogP contribution is 2.22. The van der Waals surface area contributed by atoms with E-state index in [1.165, 1.54) is 0 Å². The van der Waals surface area contributed by atoms with Crippen LogP contribution in [-0.2, 0) is 24.3 Å². The van der Waals surface area contributed by atoms with Gasteiger partial charge in [-0.1, -0.05) is 48.5 Å². The molecule has 2 heterocycles. The van der Waals surface area contributed by atoms with E-state index >= 15 is 0 Å². The fourth-order valence-electron chi connectivity index (χ4n) is 4.44. The first kappa shape index (κ1) is 22.5. The summed E-state index contributed by atoms with van der Waals surface area (Å²) >= 11 is 0. The molecule has 7 nitrogen and oxygen atoms in total. The molecule has 0 radical (unpaired) electrons. The zero-order chi connectivity index (χ0) is 24.2. The highest BCUT2D eigenvalue weighted by atomic mass is 16.5. The topological polar surface area (TPSA) is 65.7 Å². The number of fused-ring (bicyclic) bond motifs is 1. The van der Waals surface area contributed by atoms with E-state index in [-0.39, 0.29) is 18.1 Å². The van der Waals surface area contributed by atoms with E-state index in [0.29, 0.717) is 31.8 Å². The summed E-state index contributed by atoms with van der Waals surface area (Å²) < 4.78 is 14.7. The molecule has 0 unspecified atom stereocenters. The minimum Gasteiger partial charge on any atom is -0.497 e. The third kappa shape index (κ3) is 4.71. The smallest absolute Gasteiger partial charge is 0.275 e. The van der Waals surface area contributed by atoms with Gasteiger partial charge in [-0.3, -0.25) is 14.3 Å². The second kappa shape index (κ2) is 9.93. The fourth-order valence-corrected chi connectivity index (χ4v) is 4.44. The maximum absolute atomic E-state index is 13.5. The number of aromatic nitrogens is 2. The second-order valence-corrected chi connectivity index (χ2v) is 8.45. The lowest BCUT2D eigenvalue weighted by molar-refractivity contribution is -0.134. The van der Waals surface area contributed by atoms with E-state index in [9.17, 15) is 9.59 Å². The van der Waals surface area contributed by atoms with Crippen LogP contribution in [0.1, 0.15) is 16.8 Å². The number of carbonyl (C=O) groups excluding carboxylic acids is 1. The first-order valence-corrected chi connectivity index (χ1v) is 11.6. The van der Waals surface area contributed by atoms with Crippen LogP contribution in [0.2, 0.25) is 0 Å². The van der Waals surface area contributed by atoms with Gasteiger partial charge in [0.25, 0.3) is 11.5 Å². The normalized spacial score (nSPS) is 12.8. The number of hydrogen-bond donors (Lipinski definition) is 0. The molecule has 1 aliphatic rings. The Balaban J connectivity index is 1.47. The number of methoxy groups -OCH3 is 1. The molecule has 35 heavy (non-hydrogen) atoms. The van der Waals surface area contributed by atoms with Gasteiger partial charge < -0.3 is 14.4 Å². The molecule has 1 aliphatic heterocycles. The fraction of sp³-hybridized carbons (Fsp3) is 0.214. The van der Waals surface area contributed by atoms with E-state index in [1.54, 1.807) is 16.7 Å². The number of carbonyl (C=O) groups is 1. The van der Waals surface area contributed by atoms with Crippen LogP contribution in [0.15, 0.2) is 89.7 Å². The van der Waals surface area contributed by atoms with Crippen molar-refractivity contribution >= 4 is 5.91 Å². The quantitative estimate of drug-likeness (QED) is 0.414. The number of ether oxygens (including phenoxy) is 2. The average Bonchev–Trinajstić information content (AvgIpc) is 3.19. The van der Waals surface area contributed by atoms with Crippen LogP contribution in [0.5, 0.6) is 11.5 Å². The van der Waals surface area contributed by atoms with Crippen LogP contribution < -0.4 is 15.0 Å². The van der Waals surface area contributed by atoms with Gasteiger partial charge in [0.05, 0.1) is 31.6 Å². The summed E-state index contributed by atoms with van der Waals surface area (Å²) in [6, 6.07) is 26.8. The van der Waals surface area contributed by atoms with Gasteiger partial charge in [-0.25, -0.2) is 4.68 Å². The molecule has 1 aromatic heterocycles. The average molecular weight is 470 g/mol. The van der Waals surface area contributed by atoms with Crippen molar-refractivity contribution in [3.05, 3.63) is 112 Å². The van der Waals surface area contributed by atoms with Crippen molar-refractivity contribution in [2.75, 3.05) is 20.3 Å². The third-order valence-electron chi connectivity index (χ3n) is 6.27. The number of rotatable bonds is 7. The molecule has 0 fully saturated rings. The summed E-state index contributed by atoms with van der Waals surface area (Å²) in [5.41, 5.74) is 3.39. The van der Waals surface area contributed by atoms with Gasteiger partial charge in [-0.05, 0) is 48.4 Å². The van der Waals surface area contributed by atoms with E-state index in [0.717, 1.165) is 28.3 Å². The zero-order valence-corrected chi connectivity index (χ0v) is 19.6. The van der Waals surface area contributed by atoms with Crippen LogP contribution in [0.3, 0.4) is 0 Å². The second-order valence-electron chi connectivity index (χ2n) is 8.45. The van der Waals surface area contributed by atoms with Gasteiger partial charge in [0.1, 0.15) is 11.5 Å². The molecule has 0 saturated carbocycles. The third-order valence-corrected chi connectivity index (χ3v) is 6.27. The van der Waals surface area contributed by atoms with Crippen LogP contribution in [-0.4, -0.2) is 40.4 Å². The lowest BCUT2D eigenvalue weighted by Gasteiger charge is -2.28. The van der Waals surface area contributed by atoms with Crippen LogP contribution >= 0.6 is 0 Å². The van der Waals surface area contributed by atoms with Crippen molar-refractivity contribution in [2.24, 2.45) is 0 Å². The highest BCUT2D eigenvalue weighted by molar-refractivity contribution is 5.78. The molecule has 0 atom stereocenters. The molecule has 0 saturated heterocycles. The van der Waals surface area contributed by atoms with Gasteiger partial charge >= 0.3 is 0 Å². The summed E-state index contributed by atoms with van der Waals surface area (Å²) in [5, 5.41) is 0. The Kier molecular flexibility index (Phi) is 6.39. The highest BCUT2D eigenvalue weighted by Gasteiger charge is 2.29. The standard InChI is InChI=1S/C28H27N3O4/c1-34-23-14-12-22(13-15-23)31-28(33)25-16-17-29(27(32)20-35-24-10-6-3-7-11-24)19-26(25)30(31)18-21-8-4-2-5-9-21/h2-15H,16-20H2,1H3. The number of benzene rings is 3. The SMILES string of the molecule is COc1ccc(-n2c(=O)c3c(n2Cc2ccccc2)CN(C(=O)COc2ccccc2)CC3)cc1. The number of para-hydroxylation sites is 1. The van der Waals surface area contributed by atoms with Crippen molar-refractivity contribution in [2.45, 2.75) is 19.5 Å². The monoisotopic (exact) mass is 469 g/mol. The van der Waals surface area contributed by atoms with Crippen molar-refractivity contribution in [1.29, 1.82) is 0 Å². The van der Waals surface area contributed by atoms with Crippen molar-refractivity contribution < 1.29 is 14.3 Å². The maximum atomic E-state index is 13.5. The molecule has 0 spiro atoms.